The Bertz CT molecular complexity index is 1280. The van der Waals surface area contributed by atoms with Gasteiger partial charge in [-0.3, -0.25) is 13.7 Å². The minimum atomic E-state index is -3.79. The number of hydrogen-bond donors (Lipinski definition) is 2. The van der Waals surface area contributed by atoms with E-state index in [1.165, 1.54) is 4.68 Å². The molecule has 0 aliphatic heterocycles. The standard InChI is InChI=1S/C22H23N3O5S2/c1-31(28)17-5-2-4-16(12-17)15-8-10-18(11-9-15)32(29,30)24-20-6-3-7-21-19(20)13-23-25(21)14-22(26)27/h2,4-5,8-13,20,24H,3,6-7,14H2,1H3,(H,26,27)/t20?,31-/m1/s1. The molecule has 0 fully saturated rings. The third-order valence-corrected chi connectivity index (χ3v) is 7.91. The molecule has 0 bridgehead atoms. The van der Waals surface area contributed by atoms with Crippen molar-refractivity contribution in [3.8, 4) is 11.1 Å². The summed E-state index contributed by atoms with van der Waals surface area (Å²) in [6, 6.07) is 13.4. The molecule has 168 valence electrons. The molecule has 1 unspecified atom stereocenters. The van der Waals surface area contributed by atoms with Crippen LogP contribution in [0.15, 0.2) is 64.5 Å². The molecular weight excluding hydrogens is 450 g/mol. The van der Waals surface area contributed by atoms with Crippen molar-refractivity contribution in [2.45, 2.75) is 41.6 Å². The van der Waals surface area contributed by atoms with Crippen molar-refractivity contribution in [1.82, 2.24) is 14.5 Å². The van der Waals surface area contributed by atoms with Crippen LogP contribution in [0.2, 0.25) is 0 Å². The highest BCUT2D eigenvalue weighted by atomic mass is 32.2. The Labute approximate surface area is 188 Å². The molecule has 1 aromatic heterocycles. The van der Waals surface area contributed by atoms with Gasteiger partial charge in [-0.05, 0) is 54.7 Å². The third-order valence-electron chi connectivity index (χ3n) is 5.51. The Morgan fingerprint density at radius 1 is 1.22 bits per heavy atom. The van der Waals surface area contributed by atoms with Crippen molar-refractivity contribution >= 4 is 26.8 Å². The number of nitrogens with one attached hydrogen (secondary N) is 1. The molecule has 0 amide bonds. The molecule has 4 rings (SSSR count). The van der Waals surface area contributed by atoms with E-state index in [1.54, 1.807) is 42.8 Å². The zero-order chi connectivity index (χ0) is 22.9. The number of aliphatic carboxylic acids is 1. The summed E-state index contributed by atoms with van der Waals surface area (Å²) in [5.74, 6) is -0.991. The average Bonchev–Trinajstić information content (AvgIpc) is 3.17. The fourth-order valence-corrected chi connectivity index (χ4v) is 5.75. The SMILES string of the molecule is C[S@@](=O)c1cccc(-c2ccc(S(=O)(=O)NC3CCCc4c3cnn4CC(=O)O)cc2)c1. The molecule has 0 saturated heterocycles. The first-order chi connectivity index (χ1) is 15.2. The van der Waals surface area contributed by atoms with Crippen LogP contribution < -0.4 is 4.72 Å². The summed E-state index contributed by atoms with van der Waals surface area (Å²) in [7, 11) is -4.89. The predicted octanol–water partition coefficient (Wildman–Crippen LogP) is 2.73. The van der Waals surface area contributed by atoms with Crippen LogP contribution in [0.1, 0.15) is 30.1 Å². The Morgan fingerprint density at radius 3 is 2.66 bits per heavy atom. The molecule has 1 heterocycles. The van der Waals surface area contributed by atoms with Gasteiger partial charge in [0.15, 0.2) is 0 Å². The van der Waals surface area contributed by atoms with E-state index < -0.39 is 32.8 Å². The van der Waals surface area contributed by atoms with Gasteiger partial charge >= 0.3 is 5.97 Å². The molecule has 1 aliphatic rings. The summed E-state index contributed by atoms with van der Waals surface area (Å²) in [6.45, 7) is -0.247. The van der Waals surface area contributed by atoms with Crippen LogP contribution in [0, 0.1) is 0 Å². The highest BCUT2D eigenvalue weighted by Gasteiger charge is 2.29. The van der Waals surface area contributed by atoms with Gasteiger partial charge in [0.1, 0.15) is 6.54 Å². The van der Waals surface area contributed by atoms with E-state index in [0.717, 1.165) is 28.8 Å². The summed E-state index contributed by atoms with van der Waals surface area (Å²) in [4.78, 5) is 11.9. The molecule has 0 saturated carbocycles. The zero-order valence-corrected chi connectivity index (χ0v) is 19.0. The Kier molecular flexibility index (Phi) is 6.27. The van der Waals surface area contributed by atoms with Crippen LogP contribution in [0.25, 0.3) is 11.1 Å². The summed E-state index contributed by atoms with van der Waals surface area (Å²) in [6.07, 6.45) is 5.18. The molecule has 3 aromatic rings. The van der Waals surface area contributed by atoms with Crippen LogP contribution in [0.5, 0.6) is 0 Å². The van der Waals surface area contributed by atoms with Gasteiger partial charge in [0, 0.05) is 33.2 Å². The van der Waals surface area contributed by atoms with Gasteiger partial charge in [-0.1, -0.05) is 24.3 Å². The molecule has 32 heavy (non-hydrogen) atoms. The number of aromatic nitrogens is 2. The maximum atomic E-state index is 13.0. The highest BCUT2D eigenvalue weighted by molar-refractivity contribution is 7.89. The van der Waals surface area contributed by atoms with Gasteiger partial charge in [0.05, 0.1) is 17.1 Å². The van der Waals surface area contributed by atoms with Crippen LogP contribution in [-0.2, 0) is 38.6 Å². The molecule has 0 radical (unpaired) electrons. The molecule has 2 aromatic carbocycles. The van der Waals surface area contributed by atoms with E-state index in [2.05, 4.69) is 9.82 Å². The molecule has 0 spiro atoms. The van der Waals surface area contributed by atoms with Crippen molar-refractivity contribution in [3.63, 3.8) is 0 Å². The summed E-state index contributed by atoms with van der Waals surface area (Å²) >= 11 is 0. The van der Waals surface area contributed by atoms with E-state index in [9.17, 15) is 17.4 Å². The first kappa shape index (κ1) is 22.4. The van der Waals surface area contributed by atoms with Gasteiger partial charge in [-0.2, -0.15) is 5.10 Å². The Hall–Kier alpha value is -2.82. The van der Waals surface area contributed by atoms with E-state index in [1.807, 2.05) is 18.2 Å². The second kappa shape index (κ2) is 8.97. The summed E-state index contributed by atoms with van der Waals surface area (Å²) < 4.78 is 41.9. The number of nitrogens with zero attached hydrogens (tertiary/aromatic N) is 2. The highest BCUT2D eigenvalue weighted by Crippen LogP contribution is 2.31. The number of rotatable bonds is 7. The monoisotopic (exact) mass is 473 g/mol. The molecule has 1 aliphatic carbocycles. The second-order valence-corrected chi connectivity index (χ2v) is 10.8. The fourth-order valence-electron chi connectivity index (χ4n) is 3.94. The molecule has 8 nitrogen and oxygen atoms in total. The second-order valence-electron chi connectivity index (χ2n) is 7.67. The van der Waals surface area contributed by atoms with Gasteiger partial charge in [-0.15, -0.1) is 0 Å². The predicted molar refractivity (Wildman–Crippen MR) is 120 cm³/mol. The van der Waals surface area contributed by atoms with Crippen LogP contribution in [-0.4, -0.2) is 39.7 Å². The van der Waals surface area contributed by atoms with E-state index in [4.69, 9.17) is 5.11 Å². The topological polar surface area (TPSA) is 118 Å². The smallest absolute Gasteiger partial charge is 0.325 e. The van der Waals surface area contributed by atoms with Gasteiger partial charge in [-0.25, -0.2) is 13.1 Å². The number of fused-ring (bicyclic) bond motifs is 1. The van der Waals surface area contributed by atoms with Crippen molar-refractivity contribution in [3.05, 3.63) is 66.0 Å². The Balaban J connectivity index is 1.55. The number of benzene rings is 2. The largest absolute Gasteiger partial charge is 0.480 e. The molecule has 10 heteroatoms. The third kappa shape index (κ3) is 4.67. The van der Waals surface area contributed by atoms with Crippen molar-refractivity contribution < 1.29 is 22.5 Å². The first-order valence-electron chi connectivity index (χ1n) is 10.1. The quantitative estimate of drug-likeness (QED) is 0.545. The van der Waals surface area contributed by atoms with E-state index >= 15 is 0 Å². The van der Waals surface area contributed by atoms with Crippen LogP contribution >= 0.6 is 0 Å². The maximum absolute atomic E-state index is 13.0. The molecule has 2 atom stereocenters. The first-order valence-corrected chi connectivity index (χ1v) is 13.1. The number of sulfonamides is 1. The van der Waals surface area contributed by atoms with Crippen molar-refractivity contribution in [2.24, 2.45) is 0 Å². The average molecular weight is 474 g/mol. The van der Waals surface area contributed by atoms with Crippen molar-refractivity contribution in [1.29, 1.82) is 0 Å². The summed E-state index contributed by atoms with van der Waals surface area (Å²) in [5.41, 5.74) is 3.17. The number of carboxylic acids is 1. The number of carboxylic acid groups (broad SMARTS) is 1. The van der Waals surface area contributed by atoms with Crippen molar-refractivity contribution in [2.75, 3.05) is 6.26 Å². The van der Waals surface area contributed by atoms with Crippen LogP contribution in [0.3, 0.4) is 0 Å². The Morgan fingerprint density at radius 2 is 1.97 bits per heavy atom. The minimum absolute atomic E-state index is 0.140. The lowest BCUT2D eigenvalue weighted by molar-refractivity contribution is -0.137. The molecular formula is C22H23N3O5S2. The lowest BCUT2D eigenvalue weighted by Crippen LogP contribution is -2.31. The fraction of sp³-hybridized carbons (Fsp3) is 0.273. The van der Waals surface area contributed by atoms with Gasteiger partial charge in [0.25, 0.3) is 0 Å². The number of carbonyl (C=O) groups is 1. The maximum Gasteiger partial charge on any atom is 0.325 e. The minimum Gasteiger partial charge on any atom is -0.480 e. The van der Waals surface area contributed by atoms with Crippen LogP contribution in [0.4, 0.5) is 0 Å². The zero-order valence-electron chi connectivity index (χ0n) is 17.4. The number of hydrogen-bond acceptors (Lipinski definition) is 5. The van der Waals surface area contributed by atoms with Gasteiger partial charge < -0.3 is 5.11 Å². The molecule has 2 N–H and O–H groups in total. The van der Waals surface area contributed by atoms with Gasteiger partial charge in [0.2, 0.25) is 10.0 Å². The summed E-state index contributed by atoms with van der Waals surface area (Å²) in [5, 5.41) is 13.2. The van der Waals surface area contributed by atoms with E-state index in [-0.39, 0.29) is 11.4 Å². The lowest BCUT2D eigenvalue weighted by atomic mass is 9.94. The van der Waals surface area contributed by atoms with E-state index in [0.29, 0.717) is 17.7 Å². The normalized spacial score (nSPS) is 17.0. The lowest BCUT2D eigenvalue weighted by Gasteiger charge is -2.24.